The first kappa shape index (κ1) is 24.7. The van der Waals surface area contributed by atoms with Crippen molar-refractivity contribution in [1.82, 2.24) is 15.1 Å². The monoisotopic (exact) mass is 512 g/mol. The first-order valence-electron chi connectivity index (χ1n) is 13.6. The molecule has 4 aromatic carbocycles. The molecule has 6 rings (SSSR count). The van der Waals surface area contributed by atoms with Crippen molar-refractivity contribution in [3.63, 3.8) is 0 Å². The van der Waals surface area contributed by atoms with Gasteiger partial charge in [0.25, 0.3) is 5.91 Å². The molecular formula is C34H32N4O. The van der Waals surface area contributed by atoms with E-state index in [-0.39, 0.29) is 11.9 Å². The van der Waals surface area contributed by atoms with Crippen LogP contribution in [0, 0.1) is 0 Å². The van der Waals surface area contributed by atoms with Crippen LogP contribution in [-0.4, -0.2) is 28.3 Å². The molecule has 0 radical (unpaired) electrons. The second kappa shape index (κ2) is 11.4. The quantitative estimate of drug-likeness (QED) is 0.271. The molecule has 1 aromatic heterocycles. The first-order valence-corrected chi connectivity index (χ1v) is 13.6. The summed E-state index contributed by atoms with van der Waals surface area (Å²) in [4.78, 5) is 15.7. The van der Waals surface area contributed by atoms with Crippen LogP contribution in [0.5, 0.6) is 0 Å². The summed E-state index contributed by atoms with van der Waals surface area (Å²) < 4.78 is 1.92. The van der Waals surface area contributed by atoms with E-state index in [1.165, 1.54) is 27.8 Å². The number of hydrogen-bond acceptors (Lipinski definition) is 3. The number of aryl methyl sites for hydroxylation is 2. The van der Waals surface area contributed by atoms with E-state index in [1.807, 2.05) is 41.2 Å². The second-order valence-electron chi connectivity index (χ2n) is 10.2. The molecule has 1 aliphatic heterocycles. The van der Waals surface area contributed by atoms with Crippen LogP contribution in [-0.2, 0) is 25.9 Å². The third-order valence-corrected chi connectivity index (χ3v) is 7.31. The largest absolute Gasteiger partial charge is 0.362 e. The number of carbonyl (C=O) groups is 1. The number of amides is 1. The number of anilines is 1. The van der Waals surface area contributed by atoms with E-state index in [0.717, 1.165) is 25.1 Å². The van der Waals surface area contributed by atoms with Crippen molar-refractivity contribution < 1.29 is 4.79 Å². The number of rotatable bonds is 8. The van der Waals surface area contributed by atoms with Crippen molar-refractivity contribution in [3.05, 3.63) is 144 Å². The van der Waals surface area contributed by atoms with Crippen molar-refractivity contribution in [3.8, 4) is 11.1 Å². The Morgan fingerprint density at radius 2 is 1.33 bits per heavy atom. The molecule has 2 heterocycles. The normalized spacial score (nSPS) is 14.9. The highest BCUT2D eigenvalue weighted by Gasteiger charge is 2.30. The van der Waals surface area contributed by atoms with Gasteiger partial charge in [0.05, 0.1) is 11.7 Å². The Bertz CT molecular complexity index is 1510. The third kappa shape index (κ3) is 5.93. The minimum absolute atomic E-state index is 0.0181. The molecule has 5 nitrogen and oxygen atoms in total. The smallest absolute Gasteiger partial charge is 0.274 e. The summed E-state index contributed by atoms with van der Waals surface area (Å²) in [7, 11) is 0. The van der Waals surface area contributed by atoms with Gasteiger partial charge in [-0.25, -0.2) is 0 Å². The Balaban J connectivity index is 1.26. The molecule has 0 fully saturated rings. The highest BCUT2D eigenvalue weighted by molar-refractivity contribution is 5.98. The maximum atomic E-state index is 13.4. The first-order chi connectivity index (χ1) is 19.2. The molecule has 0 bridgehead atoms. The van der Waals surface area contributed by atoms with Gasteiger partial charge in [0, 0.05) is 25.8 Å². The fourth-order valence-corrected chi connectivity index (χ4v) is 5.29. The fraction of sp³-hybridized carbons (Fsp3) is 0.176. The van der Waals surface area contributed by atoms with Crippen LogP contribution in [0.1, 0.15) is 27.2 Å². The van der Waals surface area contributed by atoms with Crippen molar-refractivity contribution in [2.45, 2.75) is 32.0 Å². The standard InChI is InChI=1S/C34H32N4O/c39-34-33-32(25-38(36-33)21-20-26-10-4-1-5-11-26)37(24-31(35-34)22-27-12-6-2-7-13-27)23-28-16-18-30(19-17-28)29-14-8-3-9-15-29/h1-19,25,31H,20-24H2,(H,35,39). The van der Waals surface area contributed by atoms with Crippen LogP contribution < -0.4 is 10.2 Å². The number of fused-ring (bicyclic) bond motifs is 1. The number of aromatic nitrogens is 2. The van der Waals surface area contributed by atoms with Gasteiger partial charge in [-0.1, -0.05) is 115 Å². The fourth-order valence-electron chi connectivity index (χ4n) is 5.29. The van der Waals surface area contributed by atoms with Gasteiger partial charge >= 0.3 is 0 Å². The van der Waals surface area contributed by atoms with E-state index in [1.54, 1.807) is 0 Å². The highest BCUT2D eigenvalue weighted by atomic mass is 16.2. The molecule has 0 aliphatic carbocycles. The van der Waals surface area contributed by atoms with Gasteiger partial charge in [-0.2, -0.15) is 5.10 Å². The molecule has 1 atom stereocenters. The number of benzene rings is 4. The zero-order chi connectivity index (χ0) is 26.4. The predicted molar refractivity (Wildman–Crippen MR) is 157 cm³/mol. The van der Waals surface area contributed by atoms with Crippen LogP contribution in [0.4, 0.5) is 5.69 Å². The maximum absolute atomic E-state index is 13.4. The Labute approximate surface area is 229 Å². The molecule has 1 amide bonds. The van der Waals surface area contributed by atoms with Crippen LogP contribution >= 0.6 is 0 Å². The summed E-state index contributed by atoms with van der Waals surface area (Å²) >= 11 is 0. The number of carbonyl (C=O) groups excluding carboxylic acids is 1. The molecule has 0 spiro atoms. The summed E-state index contributed by atoms with van der Waals surface area (Å²) in [5.41, 5.74) is 7.46. The van der Waals surface area contributed by atoms with Crippen LogP contribution in [0.2, 0.25) is 0 Å². The molecule has 1 unspecified atom stereocenters. The maximum Gasteiger partial charge on any atom is 0.274 e. The van der Waals surface area contributed by atoms with E-state index in [0.29, 0.717) is 18.8 Å². The van der Waals surface area contributed by atoms with Crippen molar-refractivity contribution in [1.29, 1.82) is 0 Å². The summed E-state index contributed by atoms with van der Waals surface area (Å²) in [5.74, 6) is -0.105. The minimum Gasteiger partial charge on any atom is -0.362 e. The van der Waals surface area contributed by atoms with Gasteiger partial charge in [0.1, 0.15) is 0 Å². The third-order valence-electron chi connectivity index (χ3n) is 7.31. The molecule has 0 saturated heterocycles. The van der Waals surface area contributed by atoms with E-state index >= 15 is 0 Å². The van der Waals surface area contributed by atoms with E-state index < -0.39 is 0 Å². The van der Waals surface area contributed by atoms with Crippen molar-refractivity contribution in [2.24, 2.45) is 0 Å². The predicted octanol–water partition coefficient (Wildman–Crippen LogP) is 6.15. The van der Waals surface area contributed by atoms with Gasteiger partial charge in [-0.15, -0.1) is 0 Å². The summed E-state index contributed by atoms with van der Waals surface area (Å²) in [6, 6.07) is 39.9. The van der Waals surface area contributed by atoms with Gasteiger partial charge in [0.15, 0.2) is 5.69 Å². The van der Waals surface area contributed by atoms with Crippen LogP contribution in [0.3, 0.4) is 0 Å². The van der Waals surface area contributed by atoms with Crippen molar-refractivity contribution >= 4 is 11.6 Å². The molecule has 5 aromatic rings. The lowest BCUT2D eigenvalue weighted by molar-refractivity contribution is 0.0936. The SMILES string of the molecule is O=C1NC(Cc2ccccc2)CN(Cc2ccc(-c3ccccc3)cc2)c2cn(CCc3ccccc3)nc21. The van der Waals surface area contributed by atoms with Gasteiger partial charge in [-0.3, -0.25) is 9.48 Å². The van der Waals surface area contributed by atoms with Crippen molar-refractivity contribution in [2.75, 3.05) is 11.4 Å². The number of hydrogen-bond donors (Lipinski definition) is 1. The zero-order valence-corrected chi connectivity index (χ0v) is 21.9. The second-order valence-corrected chi connectivity index (χ2v) is 10.2. The lowest BCUT2D eigenvalue weighted by atomic mass is 10.0. The lowest BCUT2D eigenvalue weighted by Gasteiger charge is -2.26. The molecular weight excluding hydrogens is 480 g/mol. The molecule has 1 N–H and O–H groups in total. The average Bonchev–Trinajstić information content (AvgIpc) is 3.38. The van der Waals surface area contributed by atoms with E-state index in [4.69, 9.17) is 5.10 Å². The summed E-state index contributed by atoms with van der Waals surface area (Å²) in [6.07, 6.45) is 3.68. The lowest BCUT2D eigenvalue weighted by Crippen LogP contribution is -2.42. The number of nitrogens with one attached hydrogen (secondary N) is 1. The van der Waals surface area contributed by atoms with Crippen LogP contribution in [0.25, 0.3) is 11.1 Å². The topological polar surface area (TPSA) is 50.2 Å². The van der Waals surface area contributed by atoms with E-state index in [9.17, 15) is 4.79 Å². The highest BCUT2D eigenvalue weighted by Crippen LogP contribution is 2.27. The van der Waals surface area contributed by atoms with Gasteiger partial charge in [0.2, 0.25) is 0 Å². The number of nitrogens with zero attached hydrogens (tertiary/aromatic N) is 3. The Morgan fingerprint density at radius 1 is 0.718 bits per heavy atom. The van der Waals surface area contributed by atoms with Gasteiger partial charge < -0.3 is 10.2 Å². The summed E-state index contributed by atoms with van der Waals surface area (Å²) in [5, 5.41) is 8.02. The zero-order valence-electron chi connectivity index (χ0n) is 21.9. The Kier molecular flexibility index (Phi) is 7.21. The molecule has 0 saturated carbocycles. The van der Waals surface area contributed by atoms with Crippen LogP contribution in [0.15, 0.2) is 121 Å². The minimum atomic E-state index is -0.105. The Morgan fingerprint density at radius 3 is 2.03 bits per heavy atom. The molecule has 1 aliphatic rings. The van der Waals surface area contributed by atoms with E-state index in [2.05, 4.69) is 95.1 Å². The summed E-state index contributed by atoms with van der Waals surface area (Å²) in [6.45, 7) is 2.13. The molecule has 194 valence electrons. The van der Waals surface area contributed by atoms with Gasteiger partial charge in [-0.05, 0) is 40.7 Å². The average molecular weight is 513 g/mol. The molecule has 39 heavy (non-hydrogen) atoms. The Hall–Kier alpha value is -4.64. The molecule has 5 heteroatoms.